The molecule has 96 heavy (non-hydrogen) atoms. The molecule has 0 radical (unpaired) electrons. The van der Waals surface area contributed by atoms with Gasteiger partial charge in [0.1, 0.15) is 24.6 Å². The van der Waals surface area contributed by atoms with Gasteiger partial charge in [-0.1, -0.05) is 155 Å². The average molecular weight is 1380 g/mol. The van der Waals surface area contributed by atoms with Crippen LogP contribution in [0.1, 0.15) is 130 Å². The fraction of sp³-hybridized carbons (Fsp3) is 0.378. The zero-order valence-corrected chi connectivity index (χ0v) is 54.6. The molecule has 0 spiro atoms. The van der Waals surface area contributed by atoms with Gasteiger partial charge in [-0.15, -0.1) is 0 Å². The number of fused-ring (bicyclic) bond motifs is 2. The highest BCUT2D eigenvalue weighted by molar-refractivity contribution is 7.98. The van der Waals surface area contributed by atoms with Crippen LogP contribution in [0.2, 0.25) is 0 Å². The molecule has 10 rings (SSSR count). The van der Waals surface area contributed by atoms with Gasteiger partial charge in [-0.05, 0) is 164 Å². The zero-order valence-electron chi connectivity index (χ0n) is 73.0. The Morgan fingerprint density at radius 2 is 1.03 bits per heavy atom. The first-order valence-corrected chi connectivity index (χ1v) is 32.5. The van der Waals surface area contributed by atoms with E-state index in [4.69, 9.17) is 16.4 Å². The minimum Gasteiger partial charge on any atom is -0.336 e. The van der Waals surface area contributed by atoms with Gasteiger partial charge in [-0.25, -0.2) is 8.78 Å². The smallest absolute Gasteiger partial charge is 0.336 e. The standard InChI is InChI=1S/2C37H40F4N4O2S/c1-4-43(5-2)18-19-44(22-26-6-10-28(11-7-26)29-12-14-30(15-13-29)37(39,40)41)34(46)23-45-33-21-25(3)20-32(33)35(47)42-36(45)48-24-27-8-16-31(38)17-9-27;1-4-43(5-2)19-20-44(22-26-9-13-28(14-10-26)29-15-18-32(25(3)21-29)37(39,40)41)34(46)23-45-33-8-6-7-31(33)35(47)42-36(45)48-24-27-11-16-30(38)17-12-27/h6-17,25H,4-5,18-24H2,1-3H3;9-18,21H,4-8,19-20,22-24H2,1-3H3/i20D2,21D2,22D2,23D2,25D;9D,10D,13D,14D,15D,18D,21D,22D2,23D2. The molecular weight excluding hydrogens is 1280 g/mol. The van der Waals surface area contributed by atoms with Crippen LogP contribution in [0.25, 0.3) is 22.3 Å². The number of hydrogen-bond donors (Lipinski definition) is 0. The summed E-state index contributed by atoms with van der Waals surface area (Å²) in [6.07, 6.45) is -15.0. The van der Waals surface area contributed by atoms with Gasteiger partial charge >= 0.3 is 12.4 Å². The summed E-state index contributed by atoms with van der Waals surface area (Å²) in [5, 5.41) is -0.793. The largest absolute Gasteiger partial charge is 0.416 e. The number of benzene rings is 6. The van der Waals surface area contributed by atoms with E-state index in [1.54, 1.807) is 18.7 Å². The number of nitrogens with zero attached hydrogens (tertiary/aromatic N) is 8. The van der Waals surface area contributed by atoms with Crippen molar-refractivity contribution in [1.82, 2.24) is 38.7 Å². The predicted octanol–water partition coefficient (Wildman–Crippen LogP) is 15.0. The summed E-state index contributed by atoms with van der Waals surface area (Å²) in [6.45, 7) is -2.96. The monoisotopic (exact) mass is 1380 g/mol. The molecule has 8 aromatic rings. The molecule has 2 amide bonds. The van der Waals surface area contributed by atoms with Crippen LogP contribution in [0.3, 0.4) is 0 Å². The van der Waals surface area contributed by atoms with E-state index in [9.17, 15) is 65.3 Å². The summed E-state index contributed by atoms with van der Waals surface area (Å²) < 4.78 is 289. The van der Waals surface area contributed by atoms with Crippen molar-refractivity contribution in [2.45, 2.75) is 134 Å². The first kappa shape index (κ1) is 49.6. The molecule has 0 saturated heterocycles. The lowest BCUT2D eigenvalue weighted by Gasteiger charge is -2.28. The van der Waals surface area contributed by atoms with E-state index < -0.39 is 197 Å². The molecule has 0 saturated carbocycles. The maximum Gasteiger partial charge on any atom is 0.416 e. The van der Waals surface area contributed by atoms with Gasteiger partial charge in [0.05, 0.1) is 31.7 Å². The number of aromatic nitrogens is 4. The molecule has 0 N–H and O–H groups in total. The summed E-state index contributed by atoms with van der Waals surface area (Å²) in [4.78, 5) is 69.0. The van der Waals surface area contributed by atoms with Crippen molar-refractivity contribution in [3.05, 3.63) is 233 Å². The quantitative estimate of drug-likeness (QED) is 0.0295. The van der Waals surface area contributed by atoms with Crippen LogP contribution in [-0.2, 0) is 85.0 Å². The number of hydrogen-bond acceptors (Lipinski definition) is 10. The van der Waals surface area contributed by atoms with Crippen molar-refractivity contribution < 1.29 is 72.1 Å². The molecular formula is C74H80F8N8O4S2. The Balaban J connectivity index is 0.000000265. The fourth-order valence-electron chi connectivity index (χ4n) is 10.1. The maximum absolute atomic E-state index is 14.8. The Labute approximate surface area is 591 Å². The van der Waals surface area contributed by atoms with Gasteiger partial charge in [-0.2, -0.15) is 36.3 Å². The number of halogens is 8. The van der Waals surface area contributed by atoms with Crippen LogP contribution in [0, 0.1) is 24.5 Å². The van der Waals surface area contributed by atoms with Crippen molar-refractivity contribution in [2.75, 3.05) is 52.4 Å². The number of amides is 2. The van der Waals surface area contributed by atoms with Crippen molar-refractivity contribution in [3.63, 3.8) is 0 Å². The molecule has 2 heterocycles. The second-order valence-corrected chi connectivity index (χ2v) is 23.7. The van der Waals surface area contributed by atoms with Crippen molar-refractivity contribution in [1.29, 1.82) is 0 Å². The van der Waals surface area contributed by atoms with Gasteiger partial charge in [0, 0.05) is 80.0 Å². The van der Waals surface area contributed by atoms with E-state index in [0.29, 0.717) is 81.0 Å². The first-order valence-electron chi connectivity index (χ1n) is 40.5. The minimum absolute atomic E-state index is 0.0528. The molecule has 508 valence electrons. The Morgan fingerprint density at radius 1 is 0.573 bits per heavy atom. The third kappa shape index (κ3) is 19.0. The lowest BCUT2D eigenvalue weighted by molar-refractivity contribution is -0.138. The van der Waals surface area contributed by atoms with Gasteiger partial charge in [0.15, 0.2) is 10.3 Å². The number of alkyl halides is 6. The number of likely N-dealkylation sites (N-methyl/N-ethyl adjacent to an activating group) is 2. The van der Waals surface area contributed by atoms with E-state index in [1.807, 2.05) is 18.7 Å². The van der Waals surface area contributed by atoms with Gasteiger partial charge in [-0.3, -0.25) is 19.2 Å². The minimum atomic E-state index is -5.14. The lowest BCUT2D eigenvalue weighted by atomic mass is 9.98. The van der Waals surface area contributed by atoms with Gasteiger partial charge < -0.3 is 28.7 Å². The highest BCUT2D eigenvalue weighted by Crippen LogP contribution is 2.36. The summed E-state index contributed by atoms with van der Waals surface area (Å²) in [6, 6.07) is 12.3. The second-order valence-electron chi connectivity index (χ2n) is 21.8. The molecule has 22 heteroatoms. The van der Waals surface area contributed by atoms with Crippen LogP contribution in [0.4, 0.5) is 35.1 Å². The third-order valence-electron chi connectivity index (χ3n) is 15.4. The summed E-state index contributed by atoms with van der Waals surface area (Å²) in [5.41, 5.74) is -7.71. The SMILES string of the molecule is [2H]C([2H])(c1ccc(-c2ccc(C(F)(F)F)cc2)cc1)N(CCN(CC)CC)C(=O)C([2H])([2H])n1c(SCc2ccc(F)cc2)nc(=O)c2c1C([2H])([2H])C([2H])(C)C2([2H])[2H].[2H]c1c([2H])c(C([2H])([2H])N(CCN(CC)CC)C(=O)C([2H])([2H])n2c(SCc3ccc(F)cc3)nc(=O)c3c2CCC3)c([2H])c([2H])c1-c1c([2H])c([2H])c(C(F)(F)F)c(C)c1[2H]. The molecule has 0 bridgehead atoms. The number of carbonyl (C=O) groups is 2. The van der Waals surface area contributed by atoms with Gasteiger partial charge in [0.2, 0.25) is 11.8 Å². The van der Waals surface area contributed by atoms with E-state index in [2.05, 4.69) is 9.97 Å². The number of rotatable bonds is 26. The van der Waals surface area contributed by atoms with Crippen LogP contribution < -0.4 is 11.1 Å². The third-order valence-corrected chi connectivity index (χ3v) is 17.4. The Hall–Kier alpha value is -7.92. The van der Waals surface area contributed by atoms with Crippen LogP contribution in [0.5, 0.6) is 0 Å². The Morgan fingerprint density at radius 3 is 1.52 bits per heavy atom. The predicted molar refractivity (Wildman–Crippen MR) is 362 cm³/mol. The van der Waals surface area contributed by atoms with Crippen molar-refractivity contribution in [2.24, 2.45) is 5.89 Å². The molecule has 6 aromatic carbocycles. The first-order chi connectivity index (χ1) is 53.8. The van der Waals surface area contributed by atoms with Crippen molar-refractivity contribution >= 4 is 35.3 Å². The maximum atomic E-state index is 14.8. The van der Waals surface area contributed by atoms with Crippen LogP contribution in [-0.4, -0.2) is 103 Å². The molecule has 1 unspecified atom stereocenters. The highest BCUT2D eigenvalue weighted by atomic mass is 32.2. The molecule has 0 aliphatic heterocycles. The lowest BCUT2D eigenvalue weighted by Crippen LogP contribution is -2.40. The van der Waals surface area contributed by atoms with E-state index in [0.717, 1.165) is 54.4 Å². The van der Waals surface area contributed by atoms with Crippen LogP contribution >= 0.6 is 23.5 Å². The molecule has 0 fully saturated rings. The number of carbonyl (C=O) groups excluding carboxylic acids is 2. The second kappa shape index (κ2) is 32.9. The molecule has 12 nitrogen and oxygen atoms in total. The Kier molecular flexibility index (Phi) is 17.0. The van der Waals surface area contributed by atoms with Crippen molar-refractivity contribution in [3.8, 4) is 22.3 Å². The summed E-state index contributed by atoms with van der Waals surface area (Å²) >= 11 is 1.57. The average Bonchev–Trinajstić information content (AvgIpc) is 1.51. The number of thioether (sulfide) groups is 2. The summed E-state index contributed by atoms with van der Waals surface area (Å²) in [5.74, 6) is -6.87. The molecule has 2 aromatic heterocycles. The van der Waals surface area contributed by atoms with E-state index >= 15 is 0 Å². The zero-order chi connectivity index (χ0) is 86.6. The highest BCUT2D eigenvalue weighted by Gasteiger charge is 2.34. The molecule has 2 aliphatic carbocycles. The van der Waals surface area contributed by atoms with E-state index in [-0.39, 0.29) is 59.4 Å². The Bertz CT molecular complexity index is 5100. The topological polar surface area (TPSA) is 117 Å². The van der Waals surface area contributed by atoms with E-state index in [1.165, 1.54) is 72.8 Å². The van der Waals surface area contributed by atoms with Gasteiger partial charge in [0.25, 0.3) is 11.1 Å². The molecule has 2 aliphatic rings. The molecule has 1 atom stereocenters. The summed E-state index contributed by atoms with van der Waals surface area (Å²) in [7, 11) is 0. The fourth-order valence-corrected chi connectivity index (χ4v) is 11.9. The van der Waals surface area contributed by atoms with Crippen LogP contribution in [0.15, 0.2) is 159 Å². The normalized spacial score (nSPS) is 19.0.